The molecule has 0 aliphatic heterocycles. The molecular formula is C14H17N3O4S. The van der Waals surface area contributed by atoms with Crippen molar-refractivity contribution < 1.29 is 19.1 Å². The Kier molecular flexibility index (Phi) is 6.08. The maximum Gasteiger partial charge on any atom is 0.305 e. The van der Waals surface area contributed by atoms with Gasteiger partial charge in [0.1, 0.15) is 11.2 Å². The molecule has 0 aliphatic carbocycles. The Balaban J connectivity index is 1.70. The van der Waals surface area contributed by atoms with Gasteiger partial charge < -0.3 is 14.8 Å². The van der Waals surface area contributed by atoms with Crippen LogP contribution in [0.4, 0.5) is 0 Å². The highest BCUT2D eigenvalue weighted by molar-refractivity contribution is 7.16. The predicted octanol–water partition coefficient (Wildman–Crippen LogP) is 1.53. The molecule has 7 nitrogen and oxygen atoms in total. The molecule has 22 heavy (non-hydrogen) atoms. The minimum atomic E-state index is -0.258. The van der Waals surface area contributed by atoms with Crippen molar-refractivity contribution in [3.8, 4) is 5.88 Å². The summed E-state index contributed by atoms with van der Waals surface area (Å²) in [5.74, 6) is -0.118. The minimum absolute atomic E-state index is 0.124. The van der Waals surface area contributed by atoms with Gasteiger partial charge in [-0.15, -0.1) is 11.3 Å². The summed E-state index contributed by atoms with van der Waals surface area (Å²) in [5.41, 5.74) is 0. The van der Waals surface area contributed by atoms with Crippen LogP contribution in [0.5, 0.6) is 5.88 Å². The van der Waals surface area contributed by atoms with Gasteiger partial charge in [0, 0.05) is 13.0 Å². The van der Waals surface area contributed by atoms with Crippen LogP contribution in [0.3, 0.4) is 0 Å². The van der Waals surface area contributed by atoms with Gasteiger partial charge in [-0.1, -0.05) is 0 Å². The highest BCUT2D eigenvalue weighted by atomic mass is 32.1. The van der Waals surface area contributed by atoms with E-state index in [1.54, 1.807) is 6.92 Å². The number of esters is 1. The number of rotatable bonds is 8. The van der Waals surface area contributed by atoms with E-state index in [1.807, 2.05) is 11.4 Å². The Hall–Kier alpha value is -2.22. The molecule has 2 aromatic rings. The number of ether oxygens (including phenoxy) is 2. The quantitative estimate of drug-likeness (QED) is 0.585. The summed E-state index contributed by atoms with van der Waals surface area (Å²) in [6, 6.07) is 1.85. The molecule has 0 bridgehead atoms. The smallest absolute Gasteiger partial charge is 0.305 e. The number of nitrogens with zero attached hydrogens (tertiary/aromatic N) is 2. The lowest BCUT2D eigenvalue weighted by Crippen LogP contribution is -2.30. The van der Waals surface area contributed by atoms with E-state index in [2.05, 4.69) is 15.3 Å². The van der Waals surface area contributed by atoms with Crippen molar-refractivity contribution in [2.75, 3.05) is 19.8 Å². The Labute approximate surface area is 131 Å². The lowest BCUT2D eigenvalue weighted by molar-refractivity contribution is -0.143. The monoisotopic (exact) mass is 323 g/mol. The summed E-state index contributed by atoms with van der Waals surface area (Å²) >= 11 is 1.48. The lowest BCUT2D eigenvalue weighted by Gasteiger charge is -2.07. The maximum atomic E-state index is 11.7. The first-order chi connectivity index (χ1) is 10.7. The van der Waals surface area contributed by atoms with Crippen LogP contribution in [0, 0.1) is 0 Å². The van der Waals surface area contributed by atoms with Gasteiger partial charge >= 0.3 is 5.97 Å². The number of fused-ring (bicyclic) bond motifs is 1. The molecule has 8 heteroatoms. The van der Waals surface area contributed by atoms with Crippen LogP contribution in [0.15, 0.2) is 17.8 Å². The van der Waals surface area contributed by atoms with E-state index in [1.165, 1.54) is 17.7 Å². The van der Waals surface area contributed by atoms with Crippen LogP contribution in [0.25, 0.3) is 10.2 Å². The van der Waals surface area contributed by atoms with Crippen LogP contribution in [-0.4, -0.2) is 41.6 Å². The van der Waals surface area contributed by atoms with Crippen molar-refractivity contribution in [1.82, 2.24) is 15.3 Å². The lowest BCUT2D eigenvalue weighted by atomic mass is 10.3. The molecule has 1 amide bonds. The number of aromatic nitrogens is 2. The highest BCUT2D eigenvalue weighted by Crippen LogP contribution is 2.25. The molecule has 2 heterocycles. The van der Waals surface area contributed by atoms with Crippen molar-refractivity contribution in [3.05, 3.63) is 17.8 Å². The standard InChI is InChI=1S/C14H17N3O4S/c1-2-20-12(19)4-3-6-15-11(18)8-21-13-10-5-7-22-14(10)17-9-16-13/h5,7,9H,2-4,6,8H2,1H3,(H,15,18). The largest absolute Gasteiger partial charge is 0.467 e. The van der Waals surface area contributed by atoms with Crippen LogP contribution < -0.4 is 10.1 Å². The summed E-state index contributed by atoms with van der Waals surface area (Å²) in [4.78, 5) is 31.7. The Morgan fingerprint density at radius 3 is 3.05 bits per heavy atom. The Morgan fingerprint density at radius 1 is 1.36 bits per heavy atom. The van der Waals surface area contributed by atoms with E-state index in [0.717, 1.165) is 10.2 Å². The van der Waals surface area contributed by atoms with E-state index in [4.69, 9.17) is 9.47 Å². The second-order valence-corrected chi connectivity index (χ2v) is 5.26. The third-order valence-electron chi connectivity index (χ3n) is 2.75. The van der Waals surface area contributed by atoms with Crippen LogP contribution >= 0.6 is 11.3 Å². The van der Waals surface area contributed by atoms with E-state index in [9.17, 15) is 9.59 Å². The molecule has 1 N–H and O–H groups in total. The number of carbonyl (C=O) groups excluding carboxylic acids is 2. The van der Waals surface area contributed by atoms with Crippen molar-refractivity contribution in [3.63, 3.8) is 0 Å². The molecule has 0 atom stereocenters. The summed E-state index contributed by atoms with van der Waals surface area (Å²) < 4.78 is 10.2. The topological polar surface area (TPSA) is 90.4 Å². The van der Waals surface area contributed by atoms with E-state index >= 15 is 0 Å². The average molecular weight is 323 g/mol. The molecular weight excluding hydrogens is 306 g/mol. The van der Waals surface area contributed by atoms with Gasteiger partial charge in [0.15, 0.2) is 6.61 Å². The van der Waals surface area contributed by atoms with Gasteiger partial charge in [-0.25, -0.2) is 9.97 Å². The summed E-state index contributed by atoms with van der Waals surface area (Å²) in [6.07, 6.45) is 2.23. The molecule has 0 radical (unpaired) electrons. The molecule has 0 fully saturated rings. The Morgan fingerprint density at radius 2 is 2.23 bits per heavy atom. The average Bonchev–Trinajstić information content (AvgIpc) is 2.99. The summed E-state index contributed by atoms with van der Waals surface area (Å²) in [7, 11) is 0. The molecule has 0 unspecified atom stereocenters. The fourth-order valence-corrected chi connectivity index (χ4v) is 2.48. The third kappa shape index (κ3) is 4.66. The molecule has 0 aliphatic rings. The molecule has 0 saturated carbocycles. The van der Waals surface area contributed by atoms with Crippen LogP contribution in [0.2, 0.25) is 0 Å². The maximum absolute atomic E-state index is 11.7. The first kappa shape index (κ1) is 16.2. The van der Waals surface area contributed by atoms with Gasteiger partial charge in [0.05, 0.1) is 12.0 Å². The Bertz CT molecular complexity index is 644. The number of nitrogens with one attached hydrogen (secondary N) is 1. The highest BCUT2D eigenvalue weighted by Gasteiger charge is 2.08. The molecule has 2 aromatic heterocycles. The van der Waals surface area contributed by atoms with Crippen molar-refractivity contribution in [1.29, 1.82) is 0 Å². The normalized spacial score (nSPS) is 10.4. The first-order valence-electron chi connectivity index (χ1n) is 6.94. The zero-order valence-corrected chi connectivity index (χ0v) is 13.0. The summed E-state index contributed by atoms with van der Waals surface area (Å²) in [5, 5.41) is 5.36. The van der Waals surface area contributed by atoms with E-state index in [0.29, 0.717) is 25.5 Å². The molecule has 2 rings (SSSR count). The van der Waals surface area contributed by atoms with Gasteiger partial charge in [0.2, 0.25) is 5.88 Å². The van der Waals surface area contributed by atoms with Crippen molar-refractivity contribution >= 4 is 33.4 Å². The second-order valence-electron chi connectivity index (χ2n) is 4.37. The SMILES string of the molecule is CCOC(=O)CCCNC(=O)COc1ncnc2sccc12. The number of carbonyl (C=O) groups is 2. The first-order valence-corrected chi connectivity index (χ1v) is 7.82. The second kappa shape index (κ2) is 8.28. The third-order valence-corrected chi connectivity index (χ3v) is 3.57. The zero-order chi connectivity index (χ0) is 15.8. The fourth-order valence-electron chi connectivity index (χ4n) is 1.76. The molecule has 0 aromatic carbocycles. The van der Waals surface area contributed by atoms with Crippen molar-refractivity contribution in [2.45, 2.75) is 19.8 Å². The van der Waals surface area contributed by atoms with E-state index < -0.39 is 0 Å². The minimum Gasteiger partial charge on any atom is -0.467 e. The number of hydrogen-bond donors (Lipinski definition) is 1. The van der Waals surface area contributed by atoms with Gasteiger partial charge in [-0.3, -0.25) is 9.59 Å². The number of amides is 1. The van der Waals surface area contributed by atoms with Crippen molar-refractivity contribution in [2.24, 2.45) is 0 Å². The fraction of sp³-hybridized carbons (Fsp3) is 0.429. The summed E-state index contributed by atoms with van der Waals surface area (Å²) in [6.45, 7) is 2.41. The van der Waals surface area contributed by atoms with Gasteiger partial charge in [-0.2, -0.15) is 0 Å². The molecule has 0 saturated heterocycles. The predicted molar refractivity (Wildman–Crippen MR) is 81.8 cm³/mol. The zero-order valence-electron chi connectivity index (χ0n) is 12.2. The molecule has 0 spiro atoms. The van der Waals surface area contributed by atoms with Gasteiger partial charge in [-0.05, 0) is 24.8 Å². The molecule has 118 valence electrons. The van der Waals surface area contributed by atoms with Gasteiger partial charge in [0.25, 0.3) is 5.91 Å². The van der Waals surface area contributed by atoms with Crippen LogP contribution in [-0.2, 0) is 14.3 Å². The number of hydrogen-bond acceptors (Lipinski definition) is 7. The van der Waals surface area contributed by atoms with E-state index in [-0.39, 0.29) is 24.9 Å². The number of thiophene rings is 1. The van der Waals surface area contributed by atoms with Crippen LogP contribution in [0.1, 0.15) is 19.8 Å².